The number of anilines is 1. The van der Waals surface area contributed by atoms with Gasteiger partial charge in [-0.05, 0) is 42.5 Å². The maximum Gasteiger partial charge on any atom is 0.418 e. The lowest BCUT2D eigenvalue weighted by molar-refractivity contribution is -0.137. The second-order valence-electron chi connectivity index (χ2n) is 5.53. The molecule has 2 aromatic carbocycles. The zero-order valence-corrected chi connectivity index (χ0v) is 15.5. The van der Waals surface area contributed by atoms with E-state index >= 15 is 0 Å². The molecule has 0 atom stereocenters. The van der Waals surface area contributed by atoms with E-state index in [1.54, 1.807) is 0 Å². The van der Waals surface area contributed by atoms with Crippen LogP contribution in [0.1, 0.15) is 11.1 Å². The van der Waals surface area contributed by atoms with E-state index in [2.05, 4.69) is 31.4 Å². The number of rotatable bonds is 4. The van der Waals surface area contributed by atoms with E-state index in [0.29, 0.717) is 4.47 Å². The fourth-order valence-electron chi connectivity index (χ4n) is 2.33. The monoisotopic (exact) mass is 454 g/mol. The predicted octanol–water partition coefficient (Wildman–Crippen LogP) is 4.84. The van der Waals surface area contributed by atoms with Crippen molar-refractivity contribution in [3.05, 3.63) is 76.3 Å². The second kappa shape index (κ2) is 7.93. The summed E-state index contributed by atoms with van der Waals surface area (Å²) in [5.74, 6) is -1.41. The molecule has 0 fully saturated rings. The molecule has 0 saturated heterocycles. The van der Waals surface area contributed by atoms with E-state index in [1.165, 1.54) is 42.7 Å². The molecule has 0 aliphatic heterocycles. The van der Waals surface area contributed by atoms with Crippen LogP contribution in [0.5, 0.6) is 0 Å². The van der Waals surface area contributed by atoms with Gasteiger partial charge in [-0.2, -0.15) is 28.2 Å². The van der Waals surface area contributed by atoms with Crippen molar-refractivity contribution in [2.24, 2.45) is 0 Å². The summed E-state index contributed by atoms with van der Waals surface area (Å²) in [5, 5.41) is 9.72. The molecule has 0 radical (unpaired) electrons. The molecule has 1 amide bonds. The average Bonchev–Trinajstić information content (AvgIpc) is 3.16. The van der Waals surface area contributed by atoms with Gasteiger partial charge in [0.2, 0.25) is 5.91 Å². The molecule has 5 nitrogen and oxygen atoms in total. The first-order valence-corrected chi connectivity index (χ1v) is 8.55. The topological polar surface area (TPSA) is 59.8 Å². The van der Waals surface area contributed by atoms with Gasteiger partial charge in [-0.15, -0.1) is 0 Å². The number of nitrogens with one attached hydrogen (secondary N) is 1. The van der Waals surface area contributed by atoms with Crippen LogP contribution in [0.15, 0.2) is 59.3 Å². The summed E-state index contributed by atoms with van der Waals surface area (Å²) in [4.78, 5) is 13.1. The molecule has 0 bridgehead atoms. The summed E-state index contributed by atoms with van der Waals surface area (Å²) < 4.78 is 54.5. The van der Waals surface area contributed by atoms with Crippen LogP contribution in [0.4, 0.5) is 23.2 Å². The molecule has 0 unspecified atom stereocenters. The maximum absolute atomic E-state index is 13.7. The first kappa shape index (κ1) is 19.7. The standard InChI is InChI=1S/C18H11BrF4N4O/c19-12-2-4-15(20)11(9-12)1-6-17(28)26-16-5-3-13(27-24-7-8-25-27)10-14(16)18(21,22)23/h1-10H,(H,26,28). The minimum absolute atomic E-state index is 0.0853. The van der Waals surface area contributed by atoms with Crippen molar-refractivity contribution < 1.29 is 22.4 Å². The van der Waals surface area contributed by atoms with Gasteiger partial charge in [-0.25, -0.2) is 4.39 Å². The van der Waals surface area contributed by atoms with Crippen molar-refractivity contribution in [3.63, 3.8) is 0 Å². The lowest BCUT2D eigenvalue weighted by atomic mass is 10.1. The maximum atomic E-state index is 13.7. The fourth-order valence-corrected chi connectivity index (χ4v) is 2.71. The molecule has 1 aromatic heterocycles. The number of hydrogen-bond donors (Lipinski definition) is 1. The lowest BCUT2D eigenvalue weighted by Crippen LogP contribution is -2.15. The zero-order valence-electron chi connectivity index (χ0n) is 13.9. The number of benzene rings is 2. The number of hydrogen-bond acceptors (Lipinski definition) is 3. The highest BCUT2D eigenvalue weighted by molar-refractivity contribution is 9.10. The number of amides is 1. The van der Waals surface area contributed by atoms with E-state index in [0.717, 1.165) is 23.0 Å². The number of alkyl halides is 3. The van der Waals surface area contributed by atoms with Crippen molar-refractivity contribution in [2.45, 2.75) is 6.18 Å². The van der Waals surface area contributed by atoms with Gasteiger partial charge in [0.1, 0.15) is 5.82 Å². The van der Waals surface area contributed by atoms with Gasteiger partial charge in [0.15, 0.2) is 0 Å². The Balaban J connectivity index is 1.85. The zero-order chi connectivity index (χ0) is 20.3. The van der Waals surface area contributed by atoms with Gasteiger partial charge < -0.3 is 5.32 Å². The van der Waals surface area contributed by atoms with Gasteiger partial charge in [-0.1, -0.05) is 15.9 Å². The molecule has 10 heteroatoms. The molecule has 1 N–H and O–H groups in total. The van der Waals surface area contributed by atoms with E-state index < -0.39 is 29.2 Å². The largest absolute Gasteiger partial charge is 0.418 e. The van der Waals surface area contributed by atoms with E-state index in [4.69, 9.17) is 0 Å². The smallest absolute Gasteiger partial charge is 0.322 e. The Kier molecular flexibility index (Phi) is 5.59. The van der Waals surface area contributed by atoms with Crippen LogP contribution in [0.2, 0.25) is 0 Å². The summed E-state index contributed by atoms with van der Waals surface area (Å²) in [6.07, 6.45) is 0.0637. The second-order valence-corrected chi connectivity index (χ2v) is 6.45. The highest BCUT2D eigenvalue weighted by Gasteiger charge is 2.34. The summed E-state index contributed by atoms with van der Waals surface area (Å²) in [7, 11) is 0. The van der Waals surface area contributed by atoms with E-state index in [1.807, 2.05) is 0 Å². The average molecular weight is 455 g/mol. The molecule has 0 saturated carbocycles. The molecule has 0 spiro atoms. The predicted molar refractivity (Wildman–Crippen MR) is 98.1 cm³/mol. The Morgan fingerprint density at radius 2 is 1.82 bits per heavy atom. The van der Waals surface area contributed by atoms with Gasteiger partial charge in [0.25, 0.3) is 0 Å². The third kappa shape index (κ3) is 4.63. The molecule has 3 aromatic rings. The van der Waals surface area contributed by atoms with Crippen molar-refractivity contribution in [2.75, 3.05) is 5.32 Å². The summed E-state index contributed by atoms with van der Waals surface area (Å²) in [6, 6.07) is 7.39. The van der Waals surface area contributed by atoms with Crippen LogP contribution in [0, 0.1) is 5.82 Å². The third-order valence-corrected chi connectivity index (χ3v) is 4.08. The highest BCUT2D eigenvalue weighted by atomic mass is 79.9. The number of nitrogens with zero attached hydrogens (tertiary/aromatic N) is 3. The SMILES string of the molecule is O=C(C=Cc1cc(Br)ccc1F)Nc1ccc(-n2nccn2)cc1C(F)(F)F. The molecule has 144 valence electrons. The van der Waals surface area contributed by atoms with E-state index in [9.17, 15) is 22.4 Å². The molecule has 1 heterocycles. The highest BCUT2D eigenvalue weighted by Crippen LogP contribution is 2.36. The molecule has 0 aliphatic rings. The van der Waals surface area contributed by atoms with E-state index in [-0.39, 0.29) is 11.3 Å². The normalized spacial score (nSPS) is 11.8. The summed E-state index contributed by atoms with van der Waals surface area (Å²) in [6.45, 7) is 0. The Morgan fingerprint density at radius 3 is 2.50 bits per heavy atom. The van der Waals surface area contributed by atoms with Crippen LogP contribution in [0.25, 0.3) is 11.8 Å². The molecular formula is C18H11BrF4N4O. The van der Waals surface area contributed by atoms with Crippen molar-refractivity contribution in [1.29, 1.82) is 0 Å². The molecule has 28 heavy (non-hydrogen) atoms. The van der Waals surface area contributed by atoms with Crippen LogP contribution < -0.4 is 5.32 Å². The Bertz CT molecular complexity index is 1030. The summed E-state index contributed by atoms with van der Waals surface area (Å²) >= 11 is 3.17. The molecule has 0 aliphatic carbocycles. The van der Waals surface area contributed by atoms with Crippen LogP contribution >= 0.6 is 15.9 Å². The van der Waals surface area contributed by atoms with Gasteiger partial charge in [0, 0.05) is 16.1 Å². The first-order valence-electron chi connectivity index (χ1n) is 7.76. The van der Waals surface area contributed by atoms with Crippen LogP contribution in [0.3, 0.4) is 0 Å². The van der Waals surface area contributed by atoms with Crippen molar-refractivity contribution in [3.8, 4) is 5.69 Å². The van der Waals surface area contributed by atoms with Crippen LogP contribution in [-0.2, 0) is 11.0 Å². The first-order chi connectivity index (χ1) is 13.2. The fraction of sp³-hybridized carbons (Fsp3) is 0.0556. The molecule has 3 rings (SSSR count). The molecular weight excluding hydrogens is 444 g/mol. The van der Waals surface area contributed by atoms with Crippen molar-refractivity contribution in [1.82, 2.24) is 15.0 Å². The van der Waals surface area contributed by atoms with Gasteiger partial charge in [-0.3, -0.25) is 4.79 Å². The number of carbonyl (C=O) groups excluding carboxylic acids is 1. The third-order valence-electron chi connectivity index (χ3n) is 3.59. The number of aromatic nitrogens is 3. The minimum Gasteiger partial charge on any atom is -0.322 e. The number of carbonyl (C=O) groups is 1. The van der Waals surface area contributed by atoms with Crippen LogP contribution in [-0.4, -0.2) is 20.9 Å². The Morgan fingerprint density at radius 1 is 1.11 bits per heavy atom. The van der Waals surface area contributed by atoms with Gasteiger partial charge >= 0.3 is 6.18 Å². The van der Waals surface area contributed by atoms with Crippen molar-refractivity contribution >= 4 is 33.6 Å². The quantitative estimate of drug-likeness (QED) is 0.453. The number of halogens is 5. The lowest BCUT2D eigenvalue weighted by Gasteiger charge is -2.14. The Labute approximate surface area is 164 Å². The van der Waals surface area contributed by atoms with Gasteiger partial charge in [0.05, 0.1) is 29.3 Å². The Hall–Kier alpha value is -3.01. The minimum atomic E-state index is -4.72. The summed E-state index contributed by atoms with van der Waals surface area (Å²) in [5.41, 5.74) is -1.30.